The van der Waals surface area contributed by atoms with Gasteiger partial charge in [-0.05, 0) is 22.6 Å². The molecule has 0 aromatic carbocycles. The fraction of sp³-hybridized carbons (Fsp3) is 0.333. The van der Waals surface area contributed by atoms with Crippen molar-refractivity contribution < 1.29 is 17.8 Å². The molecule has 15 heavy (non-hydrogen) atoms. The van der Waals surface area contributed by atoms with E-state index in [0.29, 0.717) is 7.67 Å². The molecule has 0 unspecified atom stereocenters. The third-order valence-corrected chi connectivity index (χ3v) is 2.30. The molecule has 0 fully saturated rings. The van der Waals surface area contributed by atoms with Crippen LogP contribution in [0.2, 0.25) is 0 Å². The number of hydrogen-bond donors (Lipinski definition) is 1. The van der Waals surface area contributed by atoms with Gasteiger partial charge in [0.2, 0.25) is 6.41 Å². The summed E-state index contributed by atoms with van der Waals surface area (Å²) in [6.07, 6.45) is 2.98. The van der Waals surface area contributed by atoms with E-state index in [2.05, 4.69) is 4.98 Å². The summed E-state index contributed by atoms with van der Waals surface area (Å²) in [6.45, 7) is 0. The molecule has 1 heterocycles. The fourth-order valence-electron chi connectivity index (χ4n) is 0.410. The van der Waals surface area contributed by atoms with Crippen molar-refractivity contribution in [3.05, 3.63) is 16.2 Å². The molecule has 1 N–H and O–H groups in total. The van der Waals surface area contributed by atoms with Crippen molar-refractivity contribution >= 4 is 39.3 Å². The minimum atomic E-state index is -4.13. The number of rotatable bonds is 2. The summed E-state index contributed by atoms with van der Waals surface area (Å²) in [5, 5.41) is 0. The van der Waals surface area contributed by atoms with Crippen molar-refractivity contribution in [1.82, 2.24) is 13.9 Å². The van der Waals surface area contributed by atoms with Crippen LogP contribution in [-0.4, -0.2) is 47.3 Å². The van der Waals surface area contributed by atoms with Gasteiger partial charge < -0.3 is 4.90 Å². The lowest BCUT2D eigenvalue weighted by molar-refractivity contribution is -0.115. The first-order valence-electron chi connectivity index (χ1n) is 3.56. The number of aromatic nitrogens is 2. The van der Waals surface area contributed by atoms with Gasteiger partial charge in [-0.3, -0.25) is 9.35 Å². The minimum Gasteiger partial charge on any atom is -0.351 e. The van der Waals surface area contributed by atoms with Crippen molar-refractivity contribution in [2.75, 3.05) is 14.1 Å². The van der Waals surface area contributed by atoms with E-state index >= 15 is 0 Å². The third kappa shape index (κ3) is 6.41. The van der Waals surface area contributed by atoms with E-state index in [1.165, 1.54) is 11.1 Å². The maximum absolute atomic E-state index is 10.3. The maximum Gasteiger partial charge on any atom is 0.364 e. The molecular formula is C6H10IN3O4S. The molecule has 1 amide bonds. The Morgan fingerprint density at radius 1 is 1.60 bits per heavy atom. The van der Waals surface area contributed by atoms with Gasteiger partial charge in [0.15, 0.2) is 0 Å². The standard InChI is InChI=1S/C3H3IN2O3S.C3H7NO/c4-3-1-6(2-5-3)10(7,8)9;1-4(2)3-5/h1-2H,(H,7,8,9);3H,1-2H3. The Balaban J connectivity index is 0.000000336. The van der Waals surface area contributed by atoms with Gasteiger partial charge in [-0.15, -0.1) is 0 Å². The number of halogens is 1. The van der Waals surface area contributed by atoms with E-state index in [1.807, 2.05) is 22.6 Å². The molecule has 0 radical (unpaired) electrons. The van der Waals surface area contributed by atoms with Crippen LogP contribution in [0.3, 0.4) is 0 Å². The lowest BCUT2D eigenvalue weighted by Gasteiger charge is -1.93. The van der Waals surface area contributed by atoms with E-state index < -0.39 is 10.3 Å². The van der Waals surface area contributed by atoms with Crippen LogP contribution in [0.1, 0.15) is 0 Å². The van der Waals surface area contributed by atoms with Gasteiger partial charge in [-0.2, -0.15) is 8.42 Å². The zero-order valence-corrected chi connectivity index (χ0v) is 11.0. The highest BCUT2D eigenvalue weighted by atomic mass is 127. The average molecular weight is 347 g/mol. The molecule has 0 aliphatic heterocycles. The van der Waals surface area contributed by atoms with Gasteiger partial charge in [-0.1, -0.05) is 0 Å². The number of carbonyl (C=O) groups is 1. The second-order valence-electron chi connectivity index (χ2n) is 2.57. The largest absolute Gasteiger partial charge is 0.364 e. The predicted molar refractivity (Wildman–Crippen MR) is 61.6 cm³/mol. The molecule has 0 atom stereocenters. The topological polar surface area (TPSA) is 92.5 Å². The normalized spacial score (nSPS) is 10.1. The van der Waals surface area contributed by atoms with Crippen molar-refractivity contribution in [2.45, 2.75) is 0 Å². The summed E-state index contributed by atoms with van der Waals surface area (Å²) in [7, 11) is -0.758. The highest BCUT2D eigenvalue weighted by Crippen LogP contribution is 2.01. The van der Waals surface area contributed by atoms with Crippen LogP contribution >= 0.6 is 22.6 Å². The molecule has 9 heteroatoms. The Morgan fingerprint density at radius 3 is 2.20 bits per heavy atom. The summed E-state index contributed by atoms with van der Waals surface area (Å²) in [6, 6.07) is 0. The fourth-order valence-corrected chi connectivity index (χ4v) is 1.42. The van der Waals surface area contributed by atoms with E-state index in [-0.39, 0.29) is 0 Å². The van der Waals surface area contributed by atoms with Crippen LogP contribution in [-0.2, 0) is 15.1 Å². The maximum atomic E-state index is 10.3. The second kappa shape index (κ2) is 6.02. The average Bonchev–Trinajstić information content (AvgIpc) is 2.52. The number of hydrogen-bond acceptors (Lipinski definition) is 4. The molecule has 0 aliphatic carbocycles. The van der Waals surface area contributed by atoms with Gasteiger partial charge in [0.05, 0.1) is 6.20 Å². The molecule has 7 nitrogen and oxygen atoms in total. The monoisotopic (exact) mass is 347 g/mol. The van der Waals surface area contributed by atoms with E-state index in [9.17, 15) is 13.2 Å². The summed E-state index contributed by atoms with van der Waals surface area (Å²) >= 11 is 1.83. The van der Waals surface area contributed by atoms with E-state index in [1.54, 1.807) is 14.1 Å². The quantitative estimate of drug-likeness (QED) is 0.456. The smallest absolute Gasteiger partial charge is 0.351 e. The van der Waals surface area contributed by atoms with Crippen molar-refractivity contribution in [2.24, 2.45) is 0 Å². The lowest BCUT2D eigenvalue weighted by atomic mass is 11.0. The first-order valence-corrected chi connectivity index (χ1v) is 6.04. The van der Waals surface area contributed by atoms with Gasteiger partial charge in [0.25, 0.3) is 0 Å². The zero-order chi connectivity index (χ0) is 12.1. The SMILES string of the molecule is CN(C)C=O.O=S(=O)(O)n1cnc(I)c1. The number of carbonyl (C=O) groups excluding carboxylic acids is 1. The molecule has 0 aliphatic rings. The molecule has 1 rings (SSSR count). The molecule has 0 saturated heterocycles. The first kappa shape index (κ1) is 14.3. The second-order valence-corrected chi connectivity index (χ2v) is 5.00. The van der Waals surface area contributed by atoms with Crippen LogP contribution in [0.15, 0.2) is 12.5 Å². The highest BCUT2D eigenvalue weighted by molar-refractivity contribution is 14.1. The molecule has 0 bridgehead atoms. The number of amides is 1. The Morgan fingerprint density at radius 2 is 2.07 bits per heavy atom. The summed E-state index contributed by atoms with van der Waals surface area (Å²) in [4.78, 5) is 14.5. The van der Waals surface area contributed by atoms with Crippen LogP contribution < -0.4 is 0 Å². The third-order valence-electron chi connectivity index (χ3n) is 1.01. The Bertz CT molecular complexity index is 414. The van der Waals surface area contributed by atoms with E-state index in [0.717, 1.165) is 12.7 Å². The van der Waals surface area contributed by atoms with Crippen LogP contribution in [0, 0.1) is 3.70 Å². The number of nitrogens with zero attached hydrogens (tertiary/aromatic N) is 3. The van der Waals surface area contributed by atoms with E-state index in [4.69, 9.17) is 4.55 Å². The zero-order valence-electron chi connectivity index (χ0n) is 8.03. The summed E-state index contributed by atoms with van der Waals surface area (Å²) in [5.41, 5.74) is 0. The predicted octanol–water partition coefficient (Wildman–Crippen LogP) is -0.157. The van der Waals surface area contributed by atoms with Gasteiger partial charge in [0, 0.05) is 14.1 Å². The van der Waals surface area contributed by atoms with Crippen molar-refractivity contribution in [3.63, 3.8) is 0 Å². The first-order chi connectivity index (χ1) is 6.77. The van der Waals surface area contributed by atoms with Gasteiger partial charge >= 0.3 is 10.3 Å². The Kier molecular flexibility index (Phi) is 5.75. The molecular weight excluding hydrogens is 337 g/mol. The van der Waals surface area contributed by atoms with Crippen LogP contribution in [0.4, 0.5) is 0 Å². The minimum absolute atomic E-state index is 0.509. The van der Waals surface area contributed by atoms with Crippen LogP contribution in [0.25, 0.3) is 0 Å². The summed E-state index contributed by atoms with van der Waals surface area (Å²) < 4.78 is 30.2. The lowest BCUT2D eigenvalue weighted by Crippen LogP contribution is -2.07. The number of imidazole rings is 1. The van der Waals surface area contributed by atoms with Crippen molar-refractivity contribution in [1.29, 1.82) is 0 Å². The molecule has 0 saturated carbocycles. The Hall–Kier alpha value is -0.680. The highest BCUT2D eigenvalue weighted by Gasteiger charge is 2.06. The molecule has 1 aromatic heterocycles. The van der Waals surface area contributed by atoms with Crippen molar-refractivity contribution in [3.8, 4) is 0 Å². The van der Waals surface area contributed by atoms with Gasteiger partial charge in [-0.25, -0.2) is 8.96 Å². The molecule has 86 valence electrons. The molecule has 0 spiro atoms. The summed E-state index contributed by atoms with van der Waals surface area (Å²) in [5.74, 6) is 0. The molecule has 1 aromatic rings. The Labute approximate surface area is 101 Å². The van der Waals surface area contributed by atoms with Gasteiger partial charge in [0.1, 0.15) is 10.0 Å². The van der Waals surface area contributed by atoms with Crippen LogP contribution in [0.5, 0.6) is 0 Å².